The first-order chi connectivity index (χ1) is 9.08. The first-order valence-corrected chi connectivity index (χ1v) is 6.48. The molecular formula is C14H12BrF2NO. The summed E-state index contributed by atoms with van der Waals surface area (Å²) < 4.78 is 27.3. The summed E-state index contributed by atoms with van der Waals surface area (Å²) in [5.41, 5.74) is 0.720. The minimum absolute atomic E-state index is 0.0560. The monoisotopic (exact) mass is 327 g/mol. The van der Waals surface area contributed by atoms with Crippen LogP contribution in [0.25, 0.3) is 0 Å². The number of para-hydroxylation sites is 1. The second kappa shape index (κ2) is 6.12. The zero-order valence-corrected chi connectivity index (χ0v) is 11.5. The fourth-order valence-corrected chi connectivity index (χ4v) is 2.12. The number of halogens is 3. The maximum absolute atomic E-state index is 13.5. The molecule has 2 aromatic rings. The van der Waals surface area contributed by atoms with Crippen LogP contribution in [0.2, 0.25) is 0 Å². The van der Waals surface area contributed by atoms with Gasteiger partial charge in [0.05, 0.1) is 6.10 Å². The van der Waals surface area contributed by atoms with Gasteiger partial charge in [-0.2, -0.15) is 0 Å². The molecule has 0 heterocycles. The number of hydrogen-bond donors (Lipinski definition) is 2. The molecular weight excluding hydrogens is 316 g/mol. The highest BCUT2D eigenvalue weighted by Gasteiger charge is 2.14. The quantitative estimate of drug-likeness (QED) is 0.893. The molecule has 2 rings (SSSR count). The molecule has 0 aliphatic heterocycles. The van der Waals surface area contributed by atoms with Gasteiger partial charge in [-0.05, 0) is 46.3 Å². The lowest BCUT2D eigenvalue weighted by Crippen LogP contribution is -2.14. The lowest BCUT2D eigenvalue weighted by molar-refractivity contribution is 0.186. The standard InChI is InChI=1S/C14H12BrF2NO/c15-11-3-1-2-4-13(11)18-8-14(19)10-7-9(16)5-6-12(10)17/h1-7,14,18-19H,8H2. The van der Waals surface area contributed by atoms with Gasteiger partial charge < -0.3 is 10.4 Å². The predicted octanol–water partition coefficient (Wildman–Crippen LogP) is 3.87. The van der Waals surface area contributed by atoms with Crippen molar-refractivity contribution in [3.63, 3.8) is 0 Å². The van der Waals surface area contributed by atoms with Crippen LogP contribution in [0, 0.1) is 11.6 Å². The fraction of sp³-hybridized carbons (Fsp3) is 0.143. The molecule has 2 nitrogen and oxygen atoms in total. The molecule has 0 bridgehead atoms. The molecule has 0 saturated carbocycles. The highest BCUT2D eigenvalue weighted by molar-refractivity contribution is 9.10. The number of rotatable bonds is 4. The van der Waals surface area contributed by atoms with Crippen LogP contribution in [-0.2, 0) is 0 Å². The van der Waals surface area contributed by atoms with E-state index >= 15 is 0 Å². The predicted molar refractivity (Wildman–Crippen MR) is 73.9 cm³/mol. The van der Waals surface area contributed by atoms with E-state index in [1.807, 2.05) is 24.3 Å². The lowest BCUT2D eigenvalue weighted by atomic mass is 10.1. The lowest BCUT2D eigenvalue weighted by Gasteiger charge is -2.14. The van der Waals surface area contributed by atoms with Crippen LogP contribution in [0.15, 0.2) is 46.9 Å². The molecule has 0 fully saturated rings. The summed E-state index contributed by atoms with van der Waals surface area (Å²) in [5, 5.41) is 12.9. The Morgan fingerprint density at radius 2 is 1.89 bits per heavy atom. The van der Waals surface area contributed by atoms with Crippen molar-refractivity contribution in [2.24, 2.45) is 0 Å². The van der Waals surface area contributed by atoms with Crippen molar-refractivity contribution in [1.82, 2.24) is 0 Å². The molecule has 1 atom stereocenters. The minimum atomic E-state index is -1.12. The molecule has 19 heavy (non-hydrogen) atoms. The summed E-state index contributed by atoms with van der Waals surface area (Å²) in [6.07, 6.45) is -1.12. The van der Waals surface area contributed by atoms with Crippen LogP contribution < -0.4 is 5.32 Å². The topological polar surface area (TPSA) is 32.3 Å². The first-order valence-electron chi connectivity index (χ1n) is 5.69. The highest BCUT2D eigenvalue weighted by Crippen LogP contribution is 2.23. The van der Waals surface area contributed by atoms with Crippen molar-refractivity contribution in [3.05, 3.63) is 64.1 Å². The van der Waals surface area contributed by atoms with E-state index in [-0.39, 0.29) is 12.1 Å². The van der Waals surface area contributed by atoms with Gasteiger partial charge in [-0.1, -0.05) is 12.1 Å². The van der Waals surface area contributed by atoms with Crippen LogP contribution >= 0.6 is 15.9 Å². The Kier molecular flexibility index (Phi) is 4.50. The van der Waals surface area contributed by atoms with Crippen molar-refractivity contribution in [3.8, 4) is 0 Å². The molecule has 100 valence electrons. The average molecular weight is 328 g/mol. The van der Waals surface area contributed by atoms with Gasteiger partial charge in [-0.25, -0.2) is 8.78 Å². The molecule has 0 amide bonds. The van der Waals surface area contributed by atoms with E-state index in [1.54, 1.807) is 0 Å². The van der Waals surface area contributed by atoms with E-state index in [0.717, 1.165) is 28.4 Å². The van der Waals surface area contributed by atoms with Gasteiger partial charge in [0.25, 0.3) is 0 Å². The molecule has 0 saturated heterocycles. The van der Waals surface area contributed by atoms with Gasteiger partial charge in [-0.3, -0.25) is 0 Å². The molecule has 2 aromatic carbocycles. The second-order valence-electron chi connectivity index (χ2n) is 4.04. The van der Waals surface area contributed by atoms with Gasteiger partial charge in [-0.15, -0.1) is 0 Å². The van der Waals surface area contributed by atoms with Gasteiger partial charge in [0, 0.05) is 22.3 Å². The van der Waals surface area contributed by atoms with Crippen LogP contribution in [0.3, 0.4) is 0 Å². The number of hydrogen-bond acceptors (Lipinski definition) is 2. The number of anilines is 1. The number of aliphatic hydroxyl groups excluding tert-OH is 1. The van der Waals surface area contributed by atoms with Crippen molar-refractivity contribution in [1.29, 1.82) is 0 Å². The first kappa shape index (κ1) is 14.0. The third-order valence-electron chi connectivity index (χ3n) is 2.68. The van der Waals surface area contributed by atoms with Crippen LogP contribution in [-0.4, -0.2) is 11.7 Å². The van der Waals surface area contributed by atoms with Crippen LogP contribution in [0.5, 0.6) is 0 Å². The maximum Gasteiger partial charge on any atom is 0.129 e. The summed E-state index contributed by atoms with van der Waals surface area (Å²) in [6.45, 7) is 0.0863. The van der Waals surface area contributed by atoms with Gasteiger partial charge in [0.15, 0.2) is 0 Å². The average Bonchev–Trinajstić information content (AvgIpc) is 2.40. The Morgan fingerprint density at radius 1 is 1.16 bits per heavy atom. The Labute approximate surface area is 118 Å². The molecule has 5 heteroatoms. The molecule has 0 aliphatic rings. The molecule has 0 aromatic heterocycles. The summed E-state index contributed by atoms with van der Waals surface area (Å²) in [7, 11) is 0. The molecule has 1 unspecified atom stereocenters. The third-order valence-corrected chi connectivity index (χ3v) is 3.37. The normalized spacial score (nSPS) is 12.2. The fourth-order valence-electron chi connectivity index (χ4n) is 1.69. The summed E-state index contributed by atoms with van der Waals surface area (Å²) in [6, 6.07) is 10.4. The number of benzene rings is 2. The van der Waals surface area contributed by atoms with E-state index in [1.165, 1.54) is 0 Å². The molecule has 0 spiro atoms. The second-order valence-corrected chi connectivity index (χ2v) is 4.90. The third kappa shape index (κ3) is 3.52. The zero-order chi connectivity index (χ0) is 13.8. The van der Waals surface area contributed by atoms with Crippen LogP contribution in [0.1, 0.15) is 11.7 Å². The van der Waals surface area contributed by atoms with Crippen molar-refractivity contribution < 1.29 is 13.9 Å². The van der Waals surface area contributed by atoms with Gasteiger partial charge in [0.2, 0.25) is 0 Å². The summed E-state index contributed by atoms with van der Waals surface area (Å²) in [5.74, 6) is -1.20. The number of nitrogens with one attached hydrogen (secondary N) is 1. The van der Waals surface area contributed by atoms with E-state index in [2.05, 4.69) is 21.2 Å². The van der Waals surface area contributed by atoms with E-state index in [9.17, 15) is 13.9 Å². The number of aliphatic hydroxyl groups is 1. The minimum Gasteiger partial charge on any atom is -0.386 e. The molecule has 0 aliphatic carbocycles. The molecule has 2 N–H and O–H groups in total. The molecule has 0 radical (unpaired) electrons. The van der Waals surface area contributed by atoms with Crippen molar-refractivity contribution in [2.45, 2.75) is 6.10 Å². The Bertz CT molecular complexity index is 577. The Hall–Kier alpha value is -1.46. The van der Waals surface area contributed by atoms with Gasteiger partial charge in [0.1, 0.15) is 11.6 Å². The highest BCUT2D eigenvalue weighted by atomic mass is 79.9. The summed E-state index contributed by atoms with van der Waals surface area (Å²) in [4.78, 5) is 0. The van der Waals surface area contributed by atoms with E-state index in [4.69, 9.17) is 0 Å². The van der Waals surface area contributed by atoms with E-state index in [0.29, 0.717) is 0 Å². The SMILES string of the molecule is OC(CNc1ccccc1Br)c1cc(F)ccc1F. The zero-order valence-electron chi connectivity index (χ0n) is 9.91. The van der Waals surface area contributed by atoms with Crippen LogP contribution in [0.4, 0.5) is 14.5 Å². The van der Waals surface area contributed by atoms with Crippen molar-refractivity contribution in [2.75, 3.05) is 11.9 Å². The Balaban J connectivity index is 2.07. The Morgan fingerprint density at radius 3 is 2.63 bits per heavy atom. The van der Waals surface area contributed by atoms with Gasteiger partial charge >= 0.3 is 0 Å². The largest absolute Gasteiger partial charge is 0.386 e. The van der Waals surface area contributed by atoms with E-state index < -0.39 is 17.7 Å². The maximum atomic E-state index is 13.5. The smallest absolute Gasteiger partial charge is 0.129 e. The van der Waals surface area contributed by atoms with Crippen molar-refractivity contribution >= 4 is 21.6 Å². The summed E-state index contributed by atoms with van der Waals surface area (Å²) >= 11 is 3.35.